The first-order chi connectivity index (χ1) is 16.1. The molecule has 33 heavy (non-hydrogen) atoms. The number of nitrogens with zero attached hydrogens (tertiary/aromatic N) is 2. The van der Waals surface area contributed by atoms with Gasteiger partial charge >= 0.3 is 0 Å². The molecule has 0 atom stereocenters. The van der Waals surface area contributed by atoms with Crippen molar-refractivity contribution in [3.63, 3.8) is 0 Å². The van der Waals surface area contributed by atoms with E-state index in [0.717, 1.165) is 87.6 Å². The van der Waals surface area contributed by atoms with Gasteiger partial charge in [0.05, 0.1) is 12.2 Å². The van der Waals surface area contributed by atoms with Gasteiger partial charge in [0, 0.05) is 63.2 Å². The Balaban J connectivity index is 1.13. The maximum absolute atomic E-state index is 12.9. The fraction of sp³-hybridized carbons (Fsp3) is 0.741. The Labute approximate surface area is 197 Å². The molecule has 0 unspecified atom stereocenters. The minimum absolute atomic E-state index is 0.0855. The molecular formula is C27H38N2O4. The Morgan fingerprint density at radius 2 is 1.85 bits per heavy atom. The number of carbonyl (C=O) groups is 1. The van der Waals surface area contributed by atoms with Gasteiger partial charge in [-0.15, -0.1) is 0 Å². The van der Waals surface area contributed by atoms with E-state index in [0.29, 0.717) is 19.1 Å². The molecule has 5 aliphatic rings. The largest absolute Gasteiger partial charge is 0.462 e. The number of carbonyl (C=O) groups excluding carboxylic acids is 1. The van der Waals surface area contributed by atoms with Gasteiger partial charge in [0.15, 0.2) is 0 Å². The fourth-order valence-corrected chi connectivity index (χ4v) is 6.56. The summed E-state index contributed by atoms with van der Waals surface area (Å²) in [5.41, 5.74) is 1.91. The summed E-state index contributed by atoms with van der Waals surface area (Å²) >= 11 is 0. The molecule has 4 fully saturated rings. The number of amides is 1. The zero-order chi connectivity index (χ0) is 22.5. The van der Waals surface area contributed by atoms with E-state index in [4.69, 9.17) is 14.2 Å². The monoisotopic (exact) mass is 454 g/mol. The number of likely N-dealkylation sites (tertiary alicyclic amines) is 2. The lowest BCUT2D eigenvalue weighted by Crippen LogP contribution is -2.54. The number of hydrogen-bond donors (Lipinski definition) is 0. The number of ether oxygens (including phenoxy) is 3. The summed E-state index contributed by atoms with van der Waals surface area (Å²) < 4.78 is 19.2. The van der Waals surface area contributed by atoms with Gasteiger partial charge in [-0.25, -0.2) is 0 Å². The second kappa shape index (κ2) is 8.54. The molecule has 0 aromatic heterocycles. The van der Waals surface area contributed by atoms with Crippen LogP contribution in [-0.4, -0.2) is 60.3 Å². The van der Waals surface area contributed by atoms with Crippen LogP contribution < -0.4 is 4.74 Å². The Morgan fingerprint density at radius 3 is 2.52 bits per heavy atom. The van der Waals surface area contributed by atoms with E-state index in [1.807, 2.05) is 11.8 Å². The summed E-state index contributed by atoms with van der Waals surface area (Å²) in [5.74, 6) is 0.901. The normalized spacial score (nSPS) is 31.5. The lowest BCUT2D eigenvalue weighted by atomic mass is 9.66. The second-order valence-corrected chi connectivity index (χ2v) is 10.8. The molecule has 3 aliphatic heterocycles. The van der Waals surface area contributed by atoms with E-state index in [-0.39, 0.29) is 11.5 Å². The predicted molar refractivity (Wildman–Crippen MR) is 125 cm³/mol. The van der Waals surface area contributed by atoms with Crippen molar-refractivity contribution in [3.05, 3.63) is 29.3 Å². The van der Waals surface area contributed by atoms with Crippen molar-refractivity contribution >= 4 is 5.91 Å². The van der Waals surface area contributed by atoms with Crippen LogP contribution in [0.5, 0.6) is 5.75 Å². The van der Waals surface area contributed by atoms with Gasteiger partial charge in [0.1, 0.15) is 5.75 Å². The average Bonchev–Trinajstić information content (AvgIpc) is 3.31. The molecule has 0 bridgehead atoms. The molecule has 1 spiro atoms. The molecule has 1 aromatic carbocycles. The first-order valence-electron chi connectivity index (χ1n) is 13.2. The lowest BCUT2D eigenvalue weighted by Gasteiger charge is -2.49. The van der Waals surface area contributed by atoms with Crippen LogP contribution in [-0.2, 0) is 26.5 Å². The van der Waals surface area contributed by atoms with Crippen LogP contribution in [0, 0.1) is 5.92 Å². The molecule has 6 rings (SSSR count). The van der Waals surface area contributed by atoms with Crippen molar-refractivity contribution in [1.29, 1.82) is 0 Å². The Hall–Kier alpha value is -1.63. The number of rotatable bonds is 5. The van der Waals surface area contributed by atoms with Crippen molar-refractivity contribution < 1.29 is 19.0 Å². The fourth-order valence-electron chi connectivity index (χ4n) is 6.56. The van der Waals surface area contributed by atoms with Crippen LogP contribution in [0.2, 0.25) is 0 Å². The first-order valence-corrected chi connectivity index (χ1v) is 13.2. The van der Waals surface area contributed by atoms with E-state index in [1.54, 1.807) is 0 Å². The SMILES string of the molecule is CCOC1(c2ccc3c(c2)COC2(CCN(C4CCC4)CC2)O3)CC(C(=O)N2CCCC2)C1. The Bertz CT molecular complexity index is 878. The summed E-state index contributed by atoms with van der Waals surface area (Å²) in [6.07, 6.45) is 9.79. The number of piperidine rings is 1. The van der Waals surface area contributed by atoms with Crippen molar-refractivity contribution in [2.24, 2.45) is 5.92 Å². The van der Waals surface area contributed by atoms with E-state index in [1.165, 1.54) is 19.3 Å². The van der Waals surface area contributed by atoms with Gasteiger partial charge in [0.2, 0.25) is 11.7 Å². The number of hydrogen-bond acceptors (Lipinski definition) is 5. The summed E-state index contributed by atoms with van der Waals surface area (Å²) in [5, 5.41) is 0. The van der Waals surface area contributed by atoms with Crippen LogP contribution in [0.1, 0.15) is 75.8 Å². The topological polar surface area (TPSA) is 51.2 Å². The van der Waals surface area contributed by atoms with Crippen LogP contribution in [0.15, 0.2) is 18.2 Å². The van der Waals surface area contributed by atoms with Crippen molar-refractivity contribution in [2.45, 2.75) is 88.7 Å². The van der Waals surface area contributed by atoms with E-state index < -0.39 is 5.79 Å². The van der Waals surface area contributed by atoms with E-state index >= 15 is 0 Å². The molecule has 6 nitrogen and oxygen atoms in total. The molecule has 1 aromatic rings. The van der Waals surface area contributed by atoms with E-state index in [2.05, 4.69) is 23.1 Å². The van der Waals surface area contributed by atoms with E-state index in [9.17, 15) is 4.79 Å². The van der Waals surface area contributed by atoms with Gasteiger partial charge in [-0.3, -0.25) is 9.69 Å². The summed E-state index contributed by atoms with van der Waals surface area (Å²) in [7, 11) is 0. The molecule has 180 valence electrons. The van der Waals surface area contributed by atoms with Gasteiger partial charge in [-0.1, -0.05) is 12.5 Å². The molecule has 0 N–H and O–H groups in total. The highest BCUT2D eigenvalue weighted by molar-refractivity contribution is 5.80. The standard InChI is InChI=1S/C27H38N2O4/c1-2-31-26(17-21(18-26)25(30)29-12-3-4-13-29)22-8-9-24-20(16-22)19-32-27(33-24)10-14-28(15-11-27)23-6-5-7-23/h8-9,16,21,23H,2-7,10-15,17-19H2,1H3. The van der Waals surface area contributed by atoms with Crippen LogP contribution in [0.4, 0.5) is 0 Å². The summed E-state index contributed by atoms with van der Waals surface area (Å²) in [6.45, 7) is 7.26. The Kier molecular flexibility index (Phi) is 5.66. The minimum Gasteiger partial charge on any atom is -0.462 e. The molecule has 2 saturated heterocycles. The zero-order valence-electron chi connectivity index (χ0n) is 20.0. The number of fused-ring (bicyclic) bond motifs is 1. The highest BCUT2D eigenvalue weighted by Gasteiger charge is 2.51. The lowest BCUT2D eigenvalue weighted by molar-refractivity contribution is -0.231. The highest BCUT2D eigenvalue weighted by Crippen LogP contribution is 2.51. The first kappa shape index (κ1) is 21.9. The molecule has 3 heterocycles. The van der Waals surface area contributed by atoms with Crippen LogP contribution in [0.25, 0.3) is 0 Å². The van der Waals surface area contributed by atoms with Gasteiger partial charge < -0.3 is 19.1 Å². The quantitative estimate of drug-likeness (QED) is 0.667. The number of benzene rings is 1. The molecular weight excluding hydrogens is 416 g/mol. The highest BCUT2D eigenvalue weighted by atomic mass is 16.7. The smallest absolute Gasteiger partial charge is 0.225 e. The molecule has 2 aliphatic carbocycles. The maximum atomic E-state index is 12.9. The second-order valence-electron chi connectivity index (χ2n) is 10.8. The zero-order valence-corrected chi connectivity index (χ0v) is 20.0. The third-order valence-electron chi connectivity index (χ3n) is 8.86. The van der Waals surface area contributed by atoms with Gasteiger partial charge in [0.25, 0.3) is 0 Å². The third-order valence-corrected chi connectivity index (χ3v) is 8.86. The molecule has 6 heteroatoms. The Morgan fingerprint density at radius 1 is 1.09 bits per heavy atom. The predicted octanol–water partition coefficient (Wildman–Crippen LogP) is 4.20. The maximum Gasteiger partial charge on any atom is 0.225 e. The summed E-state index contributed by atoms with van der Waals surface area (Å²) in [6, 6.07) is 7.27. The van der Waals surface area contributed by atoms with Crippen molar-refractivity contribution in [2.75, 3.05) is 32.8 Å². The van der Waals surface area contributed by atoms with Gasteiger partial charge in [-0.05, 0) is 63.1 Å². The van der Waals surface area contributed by atoms with Crippen LogP contribution in [0.3, 0.4) is 0 Å². The minimum atomic E-state index is -0.462. The van der Waals surface area contributed by atoms with Crippen molar-refractivity contribution in [1.82, 2.24) is 9.80 Å². The average molecular weight is 455 g/mol. The molecule has 2 saturated carbocycles. The molecule has 0 radical (unpaired) electrons. The van der Waals surface area contributed by atoms with Crippen molar-refractivity contribution in [3.8, 4) is 5.75 Å². The third kappa shape index (κ3) is 3.88. The van der Waals surface area contributed by atoms with Gasteiger partial charge in [-0.2, -0.15) is 0 Å². The summed E-state index contributed by atoms with van der Waals surface area (Å²) in [4.78, 5) is 17.5. The molecule has 1 amide bonds. The van der Waals surface area contributed by atoms with Crippen LogP contribution >= 0.6 is 0 Å².